The third kappa shape index (κ3) is 6.35. The smallest absolute Gasteiger partial charge is 0.149 e. The second kappa shape index (κ2) is 15.0. The number of benzene rings is 8. The molecule has 290 valence electrons. The van der Waals surface area contributed by atoms with Gasteiger partial charge < -0.3 is 9.52 Å². The number of hydrogen-bond acceptors (Lipinski definition) is 4. The first-order valence-electron chi connectivity index (χ1n) is 20.6. The molecule has 1 N–H and O–H groups in total. The van der Waals surface area contributed by atoms with Crippen molar-refractivity contribution in [3.63, 3.8) is 0 Å². The normalized spacial score (nSPS) is 12.0. The third-order valence-electron chi connectivity index (χ3n) is 11.9. The Labute approximate surface area is 353 Å². The van der Waals surface area contributed by atoms with Gasteiger partial charge in [-0.3, -0.25) is 9.55 Å². The molecule has 0 saturated heterocycles. The van der Waals surface area contributed by atoms with Gasteiger partial charge in [0.25, 0.3) is 0 Å². The number of phenols is 1. The standard InChI is InChI=1S/C56H39N3O2/c1-36(37-16-5-2-6-17-37)41-32-42(34-43(33-41)48-35-40(30-31-57-48)38-18-7-3-8-19-38)44-24-15-25-50-54(44)58-56(46-22-11-13-26-51(46)60)59(50)49-29-28-45(39-20-9-4-10-21-39)55-53(49)47-23-12-14-27-52(47)61-55/h2-36,60H,1H3. The van der Waals surface area contributed by atoms with Crippen LogP contribution in [0.25, 0.3) is 94.7 Å². The second-order valence-corrected chi connectivity index (χ2v) is 15.5. The van der Waals surface area contributed by atoms with E-state index in [2.05, 4.69) is 163 Å². The highest BCUT2D eigenvalue weighted by Gasteiger charge is 2.25. The predicted octanol–water partition coefficient (Wildman–Crippen LogP) is 14.5. The Morgan fingerprint density at radius 1 is 0.525 bits per heavy atom. The van der Waals surface area contributed by atoms with Crippen LogP contribution in [0.2, 0.25) is 0 Å². The van der Waals surface area contributed by atoms with Crippen LogP contribution in [0.5, 0.6) is 5.75 Å². The Morgan fingerprint density at radius 3 is 2.02 bits per heavy atom. The zero-order valence-corrected chi connectivity index (χ0v) is 33.4. The average Bonchev–Trinajstić information content (AvgIpc) is 3.92. The molecule has 0 fully saturated rings. The lowest BCUT2D eigenvalue weighted by atomic mass is 9.88. The molecule has 0 amide bonds. The van der Waals surface area contributed by atoms with Crippen molar-refractivity contribution < 1.29 is 9.52 Å². The molecule has 1 atom stereocenters. The fourth-order valence-electron chi connectivity index (χ4n) is 8.80. The van der Waals surface area contributed by atoms with E-state index in [9.17, 15) is 5.11 Å². The number of hydrogen-bond donors (Lipinski definition) is 1. The van der Waals surface area contributed by atoms with Gasteiger partial charge in [0.15, 0.2) is 0 Å². The quantitative estimate of drug-likeness (QED) is 0.167. The molecule has 3 aromatic heterocycles. The van der Waals surface area contributed by atoms with E-state index < -0.39 is 0 Å². The molecule has 0 aliphatic rings. The van der Waals surface area contributed by atoms with Gasteiger partial charge >= 0.3 is 0 Å². The minimum Gasteiger partial charge on any atom is -0.507 e. The molecule has 8 aromatic carbocycles. The van der Waals surface area contributed by atoms with Gasteiger partial charge in [0.05, 0.1) is 33.4 Å². The molecular formula is C56H39N3O2. The van der Waals surface area contributed by atoms with Crippen molar-refractivity contribution >= 4 is 33.0 Å². The highest BCUT2D eigenvalue weighted by Crippen LogP contribution is 2.44. The number of nitrogens with zero attached hydrogens (tertiary/aromatic N) is 3. The summed E-state index contributed by atoms with van der Waals surface area (Å²) in [7, 11) is 0. The third-order valence-corrected chi connectivity index (χ3v) is 11.9. The molecular weight excluding hydrogens is 747 g/mol. The lowest BCUT2D eigenvalue weighted by Gasteiger charge is -2.17. The second-order valence-electron chi connectivity index (χ2n) is 15.5. The number of para-hydroxylation sites is 3. The Kier molecular flexibility index (Phi) is 8.86. The zero-order valence-electron chi connectivity index (χ0n) is 33.4. The van der Waals surface area contributed by atoms with E-state index in [1.165, 1.54) is 11.1 Å². The lowest BCUT2D eigenvalue weighted by molar-refractivity contribution is 0.477. The topological polar surface area (TPSA) is 64.1 Å². The van der Waals surface area contributed by atoms with Gasteiger partial charge in [-0.2, -0.15) is 0 Å². The van der Waals surface area contributed by atoms with Crippen LogP contribution in [-0.4, -0.2) is 19.6 Å². The van der Waals surface area contributed by atoms with E-state index in [-0.39, 0.29) is 11.7 Å². The number of pyridine rings is 1. The molecule has 0 saturated carbocycles. The summed E-state index contributed by atoms with van der Waals surface area (Å²) in [5, 5.41) is 13.5. The Morgan fingerprint density at radius 2 is 1.21 bits per heavy atom. The van der Waals surface area contributed by atoms with Crippen molar-refractivity contribution in [3.05, 3.63) is 218 Å². The molecule has 61 heavy (non-hydrogen) atoms. The summed E-state index contributed by atoms with van der Waals surface area (Å²) in [6.45, 7) is 2.26. The number of phenolic OH excluding ortho intramolecular Hbond substituents is 1. The number of rotatable bonds is 8. The van der Waals surface area contributed by atoms with Gasteiger partial charge in [-0.05, 0) is 94.0 Å². The van der Waals surface area contributed by atoms with Gasteiger partial charge in [-0.1, -0.05) is 146 Å². The fourth-order valence-corrected chi connectivity index (χ4v) is 8.80. The Bertz CT molecular complexity index is 3390. The minimum atomic E-state index is 0.108. The van der Waals surface area contributed by atoms with Crippen molar-refractivity contribution in [3.8, 4) is 67.5 Å². The maximum absolute atomic E-state index is 11.5. The first kappa shape index (κ1) is 36.1. The van der Waals surface area contributed by atoms with E-state index >= 15 is 0 Å². The van der Waals surface area contributed by atoms with Gasteiger partial charge in [-0.25, -0.2) is 4.98 Å². The molecule has 0 radical (unpaired) electrons. The van der Waals surface area contributed by atoms with Crippen LogP contribution in [0.3, 0.4) is 0 Å². The molecule has 0 bridgehead atoms. The first-order valence-corrected chi connectivity index (χ1v) is 20.6. The van der Waals surface area contributed by atoms with E-state index in [1.54, 1.807) is 6.07 Å². The highest BCUT2D eigenvalue weighted by atomic mass is 16.3. The van der Waals surface area contributed by atoms with Crippen molar-refractivity contribution in [1.29, 1.82) is 0 Å². The predicted molar refractivity (Wildman–Crippen MR) is 249 cm³/mol. The average molecular weight is 786 g/mol. The highest BCUT2D eigenvalue weighted by molar-refractivity contribution is 6.14. The summed E-state index contributed by atoms with van der Waals surface area (Å²) >= 11 is 0. The molecule has 0 aliphatic carbocycles. The van der Waals surface area contributed by atoms with Crippen LogP contribution in [0, 0.1) is 0 Å². The Hall–Kier alpha value is -8.02. The number of fused-ring (bicyclic) bond motifs is 4. The van der Waals surface area contributed by atoms with Crippen molar-refractivity contribution in [1.82, 2.24) is 14.5 Å². The largest absolute Gasteiger partial charge is 0.507 e. The maximum atomic E-state index is 11.5. The molecule has 1 unspecified atom stereocenters. The zero-order chi connectivity index (χ0) is 40.9. The SMILES string of the molecule is CC(c1ccccc1)c1cc(-c2cc(-c3ccccc3)ccn2)cc(-c2cccc3c2nc(-c2ccccc2O)n3-c2ccc(-c3ccccc3)c3oc4ccccc4c23)c1. The van der Waals surface area contributed by atoms with E-state index in [0.29, 0.717) is 11.4 Å². The van der Waals surface area contributed by atoms with Crippen LogP contribution >= 0.6 is 0 Å². The monoisotopic (exact) mass is 785 g/mol. The number of furan rings is 1. The van der Waals surface area contributed by atoms with Crippen LogP contribution < -0.4 is 0 Å². The van der Waals surface area contributed by atoms with Crippen LogP contribution in [0.4, 0.5) is 0 Å². The van der Waals surface area contributed by atoms with Crippen molar-refractivity contribution in [2.75, 3.05) is 0 Å². The molecule has 5 nitrogen and oxygen atoms in total. The molecule has 11 aromatic rings. The lowest BCUT2D eigenvalue weighted by Crippen LogP contribution is -1.99. The molecule has 5 heteroatoms. The first-order chi connectivity index (χ1) is 30.1. The van der Waals surface area contributed by atoms with Gasteiger partial charge in [0.2, 0.25) is 0 Å². The Balaban J connectivity index is 1.18. The van der Waals surface area contributed by atoms with Gasteiger partial charge in [0, 0.05) is 34.2 Å². The van der Waals surface area contributed by atoms with Crippen molar-refractivity contribution in [2.24, 2.45) is 0 Å². The summed E-state index contributed by atoms with van der Waals surface area (Å²) < 4.78 is 8.92. The number of aromatic nitrogens is 3. The molecule has 0 aliphatic heterocycles. The fraction of sp³-hybridized carbons (Fsp3) is 0.0357. The van der Waals surface area contributed by atoms with E-state index in [4.69, 9.17) is 14.4 Å². The summed E-state index contributed by atoms with van der Waals surface area (Å²) in [5.74, 6) is 0.891. The number of aromatic hydroxyl groups is 1. The summed E-state index contributed by atoms with van der Waals surface area (Å²) in [6.07, 6.45) is 1.90. The van der Waals surface area contributed by atoms with Gasteiger partial charge in [-0.15, -0.1) is 0 Å². The van der Waals surface area contributed by atoms with E-state index in [1.807, 2.05) is 48.7 Å². The van der Waals surface area contributed by atoms with Gasteiger partial charge in [0.1, 0.15) is 22.7 Å². The summed E-state index contributed by atoms with van der Waals surface area (Å²) in [5.41, 5.74) is 15.5. The molecule has 0 spiro atoms. The van der Waals surface area contributed by atoms with Crippen LogP contribution in [-0.2, 0) is 0 Å². The van der Waals surface area contributed by atoms with Crippen molar-refractivity contribution in [2.45, 2.75) is 12.8 Å². The van der Waals surface area contributed by atoms with Crippen LogP contribution in [0.15, 0.2) is 211 Å². The molecule has 11 rings (SSSR count). The summed E-state index contributed by atoms with van der Waals surface area (Å²) in [4.78, 5) is 10.4. The molecule has 3 heterocycles. The van der Waals surface area contributed by atoms with Crippen LogP contribution in [0.1, 0.15) is 24.0 Å². The van der Waals surface area contributed by atoms with E-state index in [0.717, 1.165) is 83.3 Å². The minimum absolute atomic E-state index is 0.108. The number of imidazole rings is 1. The maximum Gasteiger partial charge on any atom is 0.149 e. The summed E-state index contributed by atoms with van der Waals surface area (Å²) in [6, 6.07) is 68.8.